The molecule has 4 aromatic rings. The number of halogens is 1. The molecule has 0 aliphatic heterocycles. The molecule has 120 valence electrons. The van der Waals surface area contributed by atoms with E-state index in [-0.39, 0.29) is 5.75 Å². The average Bonchev–Trinajstić information content (AvgIpc) is 3.29. The summed E-state index contributed by atoms with van der Waals surface area (Å²) in [7, 11) is 0. The summed E-state index contributed by atoms with van der Waals surface area (Å²) in [6.45, 7) is 0. The summed E-state index contributed by atoms with van der Waals surface area (Å²) in [6, 6.07) is 8.53. The van der Waals surface area contributed by atoms with Crippen molar-refractivity contribution in [2.75, 3.05) is 5.32 Å². The number of phenolic OH excluding ortho intramolecular Hbond substituents is 1. The molecule has 0 aliphatic rings. The van der Waals surface area contributed by atoms with Crippen molar-refractivity contribution in [1.29, 1.82) is 0 Å². The van der Waals surface area contributed by atoms with Crippen LogP contribution in [-0.2, 0) is 0 Å². The summed E-state index contributed by atoms with van der Waals surface area (Å²) in [5, 5.41) is 17.8. The maximum Gasteiger partial charge on any atom is 0.183 e. The zero-order valence-corrected chi connectivity index (χ0v) is 13.9. The molecule has 0 spiro atoms. The van der Waals surface area contributed by atoms with Crippen LogP contribution in [0.2, 0.25) is 5.02 Å². The molecule has 5 nitrogen and oxygen atoms in total. The van der Waals surface area contributed by atoms with Crippen molar-refractivity contribution < 1.29 is 9.52 Å². The van der Waals surface area contributed by atoms with Gasteiger partial charge in [-0.15, -0.1) is 11.3 Å². The Morgan fingerprint density at radius 1 is 1.21 bits per heavy atom. The zero-order chi connectivity index (χ0) is 16.5. The van der Waals surface area contributed by atoms with E-state index in [4.69, 9.17) is 16.0 Å². The van der Waals surface area contributed by atoms with Crippen molar-refractivity contribution in [3.63, 3.8) is 0 Å². The smallest absolute Gasteiger partial charge is 0.183 e. The first kappa shape index (κ1) is 15.0. The van der Waals surface area contributed by atoms with Crippen LogP contribution in [0.1, 0.15) is 17.4 Å². The molecule has 4 rings (SSSR count). The summed E-state index contributed by atoms with van der Waals surface area (Å²) >= 11 is 7.86. The minimum absolute atomic E-state index is 0.0699. The van der Waals surface area contributed by atoms with Crippen molar-refractivity contribution in [3.05, 3.63) is 70.7 Å². The monoisotopic (exact) mass is 357 g/mol. The minimum atomic E-state index is -0.435. The SMILES string of the molecule is Oc1c(C(Nc2nccs2)c2ccco2)cc(Cl)c2cccnc12. The van der Waals surface area contributed by atoms with Crippen LogP contribution < -0.4 is 5.32 Å². The Labute approximate surface area is 146 Å². The third-order valence-electron chi connectivity index (χ3n) is 3.68. The van der Waals surface area contributed by atoms with E-state index in [1.807, 2.05) is 17.5 Å². The molecule has 2 N–H and O–H groups in total. The minimum Gasteiger partial charge on any atom is -0.505 e. The molecule has 1 aromatic carbocycles. The number of aromatic nitrogens is 2. The number of pyridine rings is 1. The fourth-order valence-electron chi connectivity index (χ4n) is 2.60. The van der Waals surface area contributed by atoms with E-state index >= 15 is 0 Å². The van der Waals surface area contributed by atoms with E-state index in [9.17, 15) is 5.11 Å². The molecule has 0 fully saturated rings. The highest BCUT2D eigenvalue weighted by Crippen LogP contribution is 2.39. The fourth-order valence-corrected chi connectivity index (χ4v) is 3.43. The van der Waals surface area contributed by atoms with Gasteiger partial charge in [0.1, 0.15) is 23.1 Å². The number of phenols is 1. The molecule has 0 bridgehead atoms. The van der Waals surface area contributed by atoms with Crippen LogP contribution in [0.25, 0.3) is 10.9 Å². The molecule has 7 heteroatoms. The summed E-state index contributed by atoms with van der Waals surface area (Å²) in [5.74, 6) is 0.715. The van der Waals surface area contributed by atoms with Crippen LogP contribution in [0, 0.1) is 0 Å². The van der Waals surface area contributed by atoms with E-state index in [1.165, 1.54) is 11.3 Å². The molecule has 24 heavy (non-hydrogen) atoms. The van der Waals surface area contributed by atoms with E-state index in [0.29, 0.717) is 32.4 Å². The number of anilines is 1. The molecular weight excluding hydrogens is 346 g/mol. The van der Waals surface area contributed by atoms with Gasteiger partial charge in [-0.25, -0.2) is 4.98 Å². The molecule has 3 aromatic heterocycles. The quantitative estimate of drug-likeness (QED) is 0.546. The number of fused-ring (bicyclic) bond motifs is 1. The zero-order valence-electron chi connectivity index (χ0n) is 12.3. The summed E-state index contributed by atoms with van der Waals surface area (Å²) < 4.78 is 5.55. The van der Waals surface area contributed by atoms with Gasteiger partial charge in [0.15, 0.2) is 5.13 Å². The number of benzene rings is 1. The van der Waals surface area contributed by atoms with Gasteiger partial charge in [-0.3, -0.25) is 4.98 Å². The molecule has 1 unspecified atom stereocenters. The van der Waals surface area contributed by atoms with Crippen LogP contribution in [0.5, 0.6) is 5.75 Å². The Bertz CT molecular complexity index is 971. The van der Waals surface area contributed by atoms with E-state index in [1.54, 1.807) is 36.9 Å². The molecule has 1 atom stereocenters. The number of furan rings is 1. The van der Waals surface area contributed by atoms with Gasteiger partial charge < -0.3 is 14.8 Å². The highest BCUT2D eigenvalue weighted by atomic mass is 35.5. The lowest BCUT2D eigenvalue weighted by Gasteiger charge is -2.19. The van der Waals surface area contributed by atoms with Gasteiger partial charge >= 0.3 is 0 Å². The Morgan fingerprint density at radius 3 is 2.88 bits per heavy atom. The lowest BCUT2D eigenvalue weighted by atomic mass is 10.0. The fraction of sp³-hybridized carbons (Fsp3) is 0.0588. The molecular formula is C17H12ClN3O2S. The number of aromatic hydroxyl groups is 1. The third kappa shape index (κ3) is 2.60. The van der Waals surface area contributed by atoms with Gasteiger partial charge in [0.05, 0.1) is 11.3 Å². The normalized spacial score (nSPS) is 12.4. The second kappa shape index (κ2) is 6.14. The Hall–Kier alpha value is -2.57. The second-order valence-electron chi connectivity index (χ2n) is 5.13. The summed E-state index contributed by atoms with van der Waals surface area (Å²) in [6.07, 6.45) is 4.92. The van der Waals surface area contributed by atoms with Gasteiger partial charge in [0, 0.05) is 28.7 Å². The number of nitrogens with zero attached hydrogens (tertiary/aromatic N) is 2. The maximum atomic E-state index is 10.8. The largest absolute Gasteiger partial charge is 0.505 e. The van der Waals surface area contributed by atoms with E-state index in [0.717, 1.165) is 0 Å². The number of hydrogen-bond acceptors (Lipinski definition) is 6. The van der Waals surface area contributed by atoms with Gasteiger partial charge in [-0.05, 0) is 30.3 Å². The molecule has 0 amide bonds. The van der Waals surface area contributed by atoms with Crippen LogP contribution in [-0.4, -0.2) is 15.1 Å². The lowest BCUT2D eigenvalue weighted by Crippen LogP contribution is -2.12. The first-order valence-electron chi connectivity index (χ1n) is 7.19. The Balaban J connectivity index is 1.89. The molecule has 0 radical (unpaired) electrons. The standard InChI is InChI=1S/C17H12ClN3O2S/c18-12-9-11(16(22)15-10(12)3-1-5-19-15)14(13-4-2-7-23-13)21-17-20-6-8-24-17/h1-9,14,22H,(H,20,21). The van der Waals surface area contributed by atoms with Gasteiger partial charge in [-0.2, -0.15) is 0 Å². The predicted molar refractivity (Wildman–Crippen MR) is 94.7 cm³/mol. The van der Waals surface area contributed by atoms with Crippen molar-refractivity contribution in [2.45, 2.75) is 6.04 Å². The molecule has 0 saturated heterocycles. The first-order valence-corrected chi connectivity index (χ1v) is 8.45. The van der Waals surface area contributed by atoms with E-state index in [2.05, 4.69) is 15.3 Å². The number of rotatable bonds is 4. The highest BCUT2D eigenvalue weighted by molar-refractivity contribution is 7.13. The Morgan fingerprint density at radius 2 is 2.12 bits per heavy atom. The van der Waals surface area contributed by atoms with Gasteiger partial charge in [0.2, 0.25) is 0 Å². The number of nitrogens with one attached hydrogen (secondary N) is 1. The van der Waals surface area contributed by atoms with Crippen molar-refractivity contribution >= 4 is 39.0 Å². The number of thiazole rings is 1. The van der Waals surface area contributed by atoms with Crippen molar-refractivity contribution in [2.24, 2.45) is 0 Å². The molecule has 0 aliphatic carbocycles. The Kier molecular flexibility index (Phi) is 3.84. The van der Waals surface area contributed by atoms with Crippen molar-refractivity contribution in [1.82, 2.24) is 9.97 Å². The van der Waals surface area contributed by atoms with Crippen LogP contribution >= 0.6 is 22.9 Å². The van der Waals surface area contributed by atoms with E-state index < -0.39 is 6.04 Å². The third-order valence-corrected chi connectivity index (χ3v) is 4.70. The topological polar surface area (TPSA) is 71.2 Å². The van der Waals surface area contributed by atoms with Gasteiger partial charge in [-0.1, -0.05) is 11.6 Å². The number of hydrogen-bond donors (Lipinski definition) is 2. The van der Waals surface area contributed by atoms with Gasteiger partial charge in [0.25, 0.3) is 0 Å². The van der Waals surface area contributed by atoms with Crippen LogP contribution in [0.15, 0.2) is 58.8 Å². The highest BCUT2D eigenvalue weighted by Gasteiger charge is 2.24. The van der Waals surface area contributed by atoms with Crippen molar-refractivity contribution in [3.8, 4) is 5.75 Å². The van der Waals surface area contributed by atoms with Crippen LogP contribution in [0.3, 0.4) is 0 Å². The summed E-state index contributed by atoms with van der Waals surface area (Å²) in [5.41, 5.74) is 1.04. The summed E-state index contributed by atoms with van der Waals surface area (Å²) in [4.78, 5) is 8.50. The predicted octanol–water partition coefficient (Wildman–Crippen LogP) is 4.84. The average molecular weight is 358 g/mol. The molecule has 0 saturated carbocycles. The molecule has 3 heterocycles. The van der Waals surface area contributed by atoms with Crippen LogP contribution in [0.4, 0.5) is 5.13 Å². The second-order valence-corrected chi connectivity index (χ2v) is 6.43. The maximum absolute atomic E-state index is 10.8. The lowest BCUT2D eigenvalue weighted by molar-refractivity contribution is 0.458. The first-order chi connectivity index (χ1) is 11.7.